The van der Waals surface area contributed by atoms with Crippen molar-refractivity contribution < 1.29 is 4.79 Å². The Kier molecular flexibility index (Phi) is 5.93. The van der Waals surface area contributed by atoms with Crippen LogP contribution in [0.5, 0.6) is 0 Å². The summed E-state index contributed by atoms with van der Waals surface area (Å²) in [6, 6.07) is 14.9. The number of carbonyl (C=O) groups is 1. The van der Waals surface area contributed by atoms with Gasteiger partial charge in [-0.15, -0.1) is 11.8 Å². The van der Waals surface area contributed by atoms with E-state index < -0.39 is 0 Å². The maximum Gasteiger partial charge on any atom is 0.237 e. The fraction of sp³-hybridized carbons (Fsp3) is 0.435. The quantitative estimate of drug-likeness (QED) is 0.818. The van der Waals surface area contributed by atoms with Gasteiger partial charge in [-0.25, -0.2) is 0 Å². The molecule has 1 unspecified atom stereocenters. The van der Waals surface area contributed by atoms with E-state index in [0.717, 1.165) is 56.8 Å². The van der Waals surface area contributed by atoms with Crippen molar-refractivity contribution in [1.82, 2.24) is 4.90 Å². The van der Waals surface area contributed by atoms with E-state index in [0.29, 0.717) is 0 Å². The standard InChI is InChI=1S/C23H29N3OS/c1-17-7-3-4-9-19(17)26-15-13-25(14-16-26)12-6-11-21-23(27)24-22-18(2)8-5-10-20(22)28-21/h3-5,7-10,21H,6,11-16H2,1-2H3,(H,24,27). The Morgan fingerprint density at radius 1 is 1.00 bits per heavy atom. The summed E-state index contributed by atoms with van der Waals surface area (Å²) in [5, 5.41) is 3.15. The Bertz CT molecular complexity index is 845. The van der Waals surface area contributed by atoms with Crippen molar-refractivity contribution >= 4 is 29.0 Å². The highest BCUT2D eigenvalue weighted by Gasteiger charge is 2.27. The number of aryl methyl sites for hydroxylation is 2. The van der Waals surface area contributed by atoms with Crippen molar-refractivity contribution in [3.05, 3.63) is 53.6 Å². The van der Waals surface area contributed by atoms with E-state index in [-0.39, 0.29) is 11.2 Å². The first-order valence-electron chi connectivity index (χ1n) is 10.2. The van der Waals surface area contributed by atoms with Gasteiger partial charge in [0.25, 0.3) is 0 Å². The van der Waals surface area contributed by atoms with Crippen LogP contribution in [0.15, 0.2) is 47.4 Å². The molecule has 0 saturated carbocycles. The molecule has 2 heterocycles. The number of hydrogen-bond donors (Lipinski definition) is 1. The van der Waals surface area contributed by atoms with Crippen LogP contribution in [0.25, 0.3) is 0 Å². The Morgan fingerprint density at radius 3 is 2.54 bits per heavy atom. The van der Waals surface area contributed by atoms with Crippen LogP contribution in [-0.4, -0.2) is 48.8 Å². The van der Waals surface area contributed by atoms with Crippen molar-refractivity contribution in [3.63, 3.8) is 0 Å². The van der Waals surface area contributed by atoms with Crippen molar-refractivity contribution in [2.45, 2.75) is 36.8 Å². The number of benzene rings is 2. The molecule has 0 aromatic heterocycles. The van der Waals surface area contributed by atoms with Crippen molar-refractivity contribution in [2.75, 3.05) is 42.9 Å². The van der Waals surface area contributed by atoms with Gasteiger partial charge in [0.05, 0.1) is 10.9 Å². The van der Waals surface area contributed by atoms with Gasteiger partial charge in [0.15, 0.2) is 0 Å². The maximum absolute atomic E-state index is 12.5. The summed E-state index contributed by atoms with van der Waals surface area (Å²) in [7, 11) is 0. The lowest BCUT2D eigenvalue weighted by Crippen LogP contribution is -2.47. The molecule has 5 heteroatoms. The monoisotopic (exact) mass is 395 g/mol. The van der Waals surface area contributed by atoms with Crippen LogP contribution < -0.4 is 10.2 Å². The molecule has 4 nitrogen and oxygen atoms in total. The van der Waals surface area contributed by atoms with E-state index in [1.807, 2.05) is 0 Å². The largest absolute Gasteiger partial charge is 0.369 e. The van der Waals surface area contributed by atoms with Crippen LogP contribution in [0.4, 0.5) is 11.4 Å². The zero-order chi connectivity index (χ0) is 19.5. The number of thioether (sulfide) groups is 1. The predicted octanol–water partition coefficient (Wildman–Crippen LogP) is 4.32. The van der Waals surface area contributed by atoms with Gasteiger partial charge in [-0.3, -0.25) is 9.69 Å². The van der Waals surface area contributed by atoms with Gasteiger partial charge in [0.2, 0.25) is 5.91 Å². The van der Waals surface area contributed by atoms with Crippen LogP contribution in [-0.2, 0) is 4.79 Å². The lowest BCUT2D eigenvalue weighted by molar-refractivity contribution is -0.116. The predicted molar refractivity (Wildman–Crippen MR) is 119 cm³/mol. The summed E-state index contributed by atoms with van der Waals surface area (Å²) in [6.45, 7) is 9.67. The van der Waals surface area contributed by atoms with E-state index >= 15 is 0 Å². The summed E-state index contributed by atoms with van der Waals surface area (Å²) in [5.74, 6) is 0.163. The molecule has 2 aliphatic rings. The molecule has 1 fully saturated rings. The van der Waals surface area contributed by atoms with Crippen molar-refractivity contribution in [2.24, 2.45) is 0 Å². The van der Waals surface area contributed by atoms with Gasteiger partial charge in [0, 0.05) is 36.8 Å². The summed E-state index contributed by atoms with van der Waals surface area (Å²) < 4.78 is 0. The SMILES string of the molecule is Cc1ccccc1N1CCN(CCCC2Sc3cccc(C)c3NC2=O)CC1. The molecule has 2 aromatic carbocycles. The zero-order valence-corrected chi connectivity index (χ0v) is 17.6. The van der Waals surface area contributed by atoms with E-state index in [1.165, 1.54) is 16.1 Å². The third kappa shape index (κ3) is 4.20. The minimum Gasteiger partial charge on any atom is -0.369 e. The second-order valence-corrected chi connectivity index (χ2v) is 9.05. The molecular formula is C23H29N3OS. The molecule has 1 atom stereocenters. The average Bonchev–Trinajstić information content (AvgIpc) is 2.70. The number of fused-ring (bicyclic) bond motifs is 1. The number of piperazine rings is 1. The van der Waals surface area contributed by atoms with E-state index in [1.54, 1.807) is 11.8 Å². The molecule has 2 aliphatic heterocycles. The number of carbonyl (C=O) groups excluding carboxylic acids is 1. The van der Waals surface area contributed by atoms with Crippen LogP contribution >= 0.6 is 11.8 Å². The van der Waals surface area contributed by atoms with Gasteiger partial charge in [-0.2, -0.15) is 0 Å². The number of rotatable bonds is 5. The van der Waals surface area contributed by atoms with Gasteiger partial charge < -0.3 is 10.2 Å². The first-order valence-corrected chi connectivity index (χ1v) is 11.1. The highest BCUT2D eigenvalue weighted by Crippen LogP contribution is 2.39. The number of hydrogen-bond acceptors (Lipinski definition) is 4. The number of anilines is 2. The molecule has 4 rings (SSSR count). The van der Waals surface area contributed by atoms with Crippen LogP contribution in [0.2, 0.25) is 0 Å². The zero-order valence-electron chi connectivity index (χ0n) is 16.8. The molecule has 0 radical (unpaired) electrons. The third-order valence-electron chi connectivity index (χ3n) is 5.81. The summed E-state index contributed by atoms with van der Waals surface area (Å²) in [5.41, 5.74) is 4.86. The Morgan fingerprint density at radius 2 is 1.75 bits per heavy atom. The maximum atomic E-state index is 12.5. The average molecular weight is 396 g/mol. The van der Waals surface area contributed by atoms with Crippen LogP contribution in [0.1, 0.15) is 24.0 Å². The smallest absolute Gasteiger partial charge is 0.237 e. The summed E-state index contributed by atoms with van der Waals surface area (Å²) in [4.78, 5) is 18.7. The molecule has 1 N–H and O–H groups in total. The fourth-order valence-electron chi connectivity index (χ4n) is 4.13. The molecule has 0 spiro atoms. The first-order chi connectivity index (χ1) is 13.6. The first kappa shape index (κ1) is 19.3. The van der Waals surface area contributed by atoms with Crippen molar-refractivity contribution in [1.29, 1.82) is 0 Å². The lowest BCUT2D eigenvalue weighted by Gasteiger charge is -2.37. The number of para-hydroxylation sites is 2. The summed E-state index contributed by atoms with van der Waals surface area (Å²) >= 11 is 1.73. The topological polar surface area (TPSA) is 35.6 Å². The van der Waals surface area contributed by atoms with Gasteiger partial charge in [-0.05, 0) is 56.5 Å². The molecule has 148 valence electrons. The molecule has 2 aromatic rings. The minimum absolute atomic E-state index is 0.0301. The minimum atomic E-state index is 0.0301. The molecule has 1 amide bonds. The summed E-state index contributed by atoms with van der Waals surface area (Å²) in [6.07, 6.45) is 2.00. The van der Waals surface area contributed by atoms with E-state index in [9.17, 15) is 4.79 Å². The molecule has 0 aliphatic carbocycles. The van der Waals surface area contributed by atoms with Crippen LogP contribution in [0.3, 0.4) is 0 Å². The van der Waals surface area contributed by atoms with Crippen molar-refractivity contribution in [3.8, 4) is 0 Å². The number of nitrogens with zero attached hydrogens (tertiary/aromatic N) is 2. The van der Waals surface area contributed by atoms with Crippen LogP contribution in [0, 0.1) is 13.8 Å². The normalized spacial score (nSPS) is 20.0. The Hall–Kier alpha value is -1.98. The molecule has 28 heavy (non-hydrogen) atoms. The van der Waals surface area contributed by atoms with Gasteiger partial charge in [-0.1, -0.05) is 30.3 Å². The second-order valence-electron chi connectivity index (χ2n) is 7.80. The third-order valence-corrected chi connectivity index (χ3v) is 7.14. The molecular weight excluding hydrogens is 366 g/mol. The highest BCUT2D eigenvalue weighted by atomic mass is 32.2. The van der Waals surface area contributed by atoms with Gasteiger partial charge >= 0.3 is 0 Å². The number of nitrogens with one attached hydrogen (secondary N) is 1. The number of amides is 1. The molecule has 1 saturated heterocycles. The Labute approximate surface area is 172 Å². The fourth-order valence-corrected chi connectivity index (χ4v) is 5.37. The second kappa shape index (κ2) is 8.58. The lowest BCUT2D eigenvalue weighted by atomic mass is 10.1. The Balaban J connectivity index is 1.24. The highest BCUT2D eigenvalue weighted by molar-refractivity contribution is 8.01. The van der Waals surface area contributed by atoms with E-state index in [2.05, 4.69) is 71.4 Å². The molecule has 0 bridgehead atoms. The van der Waals surface area contributed by atoms with Gasteiger partial charge in [0.1, 0.15) is 0 Å². The van der Waals surface area contributed by atoms with E-state index in [4.69, 9.17) is 0 Å².